The van der Waals surface area contributed by atoms with Gasteiger partial charge in [0, 0.05) is 13.2 Å². The van der Waals surface area contributed by atoms with Crippen molar-refractivity contribution in [2.75, 3.05) is 18.1 Å². The number of aromatic nitrogens is 3. The van der Waals surface area contributed by atoms with Gasteiger partial charge in [0.2, 0.25) is 5.91 Å². The number of nitrogens with zero attached hydrogens (tertiary/aromatic N) is 4. The van der Waals surface area contributed by atoms with E-state index in [9.17, 15) is 9.59 Å². The van der Waals surface area contributed by atoms with Gasteiger partial charge in [-0.3, -0.25) is 18.8 Å². The average molecular weight is 437 g/mol. The van der Waals surface area contributed by atoms with Crippen LogP contribution in [-0.2, 0) is 22.6 Å². The number of aryl methyl sites for hydroxylation is 1. The fourth-order valence-corrected chi connectivity index (χ4v) is 5.20. The van der Waals surface area contributed by atoms with Crippen LogP contribution >= 0.6 is 11.3 Å². The molecule has 4 aromatic rings. The monoisotopic (exact) mass is 436 g/mol. The molecule has 2 aromatic heterocycles. The normalized spacial score (nSPS) is 16.4. The molecule has 0 bridgehead atoms. The van der Waals surface area contributed by atoms with E-state index in [1.54, 1.807) is 14.0 Å². The molecular formula is C23H24N4O3S. The number of ether oxygens (including phenoxy) is 1. The number of carbonyl (C=O) groups excluding carboxylic acids is 1. The highest BCUT2D eigenvalue weighted by molar-refractivity contribution is 7.22. The van der Waals surface area contributed by atoms with Crippen molar-refractivity contribution in [1.82, 2.24) is 14.1 Å². The van der Waals surface area contributed by atoms with Gasteiger partial charge in [0.15, 0.2) is 5.13 Å². The van der Waals surface area contributed by atoms with Crippen LogP contribution in [0.2, 0.25) is 0 Å². The lowest BCUT2D eigenvalue weighted by Gasteiger charge is -2.23. The van der Waals surface area contributed by atoms with Crippen molar-refractivity contribution in [1.29, 1.82) is 0 Å². The number of benzene rings is 2. The molecule has 3 heterocycles. The fraction of sp³-hybridized carbons (Fsp3) is 0.348. The molecule has 5 rings (SSSR count). The van der Waals surface area contributed by atoms with Gasteiger partial charge in [0.25, 0.3) is 0 Å². The van der Waals surface area contributed by atoms with Gasteiger partial charge in [-0.05, 0) is 44.0 Å². The van der Waals surface area contributed by atoms with Crippen LogP contribution in [0.1, 0.15) is 19.8 Å². The summed E-state index contributed by atoms with van der Waals surface area (Å²) in [7, 11) is 0. The maximum absolute atomic E-state index is 13.5. The van der Waals surface area contributed by atoms with Crippen LogP contribution in [0.15, 0.2) is 53.3 Å². The molecule has 1 amide bonds. The van der Waals surface area contributed by atoms with Crippen molar-refractivity contribution in [3.63, 3.8) is 0 Å². The van der Waals surface area contributed by atoms with Crippen molar-refractivity contribution >= 4 is 43.6 Å². The second-order valence-corrected chi connectivity index (χ2v) is 8.71. The lowest BCUT2D eigenvalue weighted by Crippen LogP contribution is -2.41. The molecule has 0 spiro atoms. The number of amides is 1. The van der Waals surface area contributed by atoms with Crippen LogP contribution < -0.4 is 10.6 Å². The van der Waals surface area contributed by atoms with E-state index >= 15 is 0 Å². The van der Waals surface area contributed by atoms with E-state index in [0.717, 1.165) is 40.7 Å². The Balaban J connectivity index is 1.52. The first kappa shape index (κ1) is 20.0. The molecule has 0 N–H and O–H groups in total. The molecule has 1 unspecified atom stereocenters. The highest BCUT2D eigenvalue weighted by Gasteiger charge is 2.27. The van der Waals surface area contributed by atoms with Gasteiger partial charge >= 0.3 is 5.69 Å². The number of imidazole rings is 1. The molecule has 1 atom stereocenters. The summed E-state index contributed by atoms with van der Waals surface area (Å²) >= 11 is 1.49. The first-order valence-corrected chi connectivity index (χ1v) is 11.4. The molecule has 0 aliphatic carbocycles. The Morgan fingerprint density at radius 1 is 1.16 bits per heavy atom. The minimum absolute atomic E-state index is 0.00957. The second kappa shape index (κ2) is 8.28. The number of fused-ring (bicyclic) bond motifs is 2. The molecule has 8 heteroatoms. The zero-order valence-electron chi connectivity index (χ0n) is 17.4. The molecule has 1 aliphatic heterocycles. The van der Waals surface area contributed by atoms with Crippen LogP contribution in [0.3, 0.4) is 0 Å². The molecular weight excluding hydrogens is 412 g/mol. The van der Waals surface area contributed by atoms with Gasteiger partial charge in [0.1, 0.15) is 6.54 Å². The van der Waals surface area contributed by atoms with Crippen molar-refractivity contribution in [2.45, 2.75) is 39.0 Å². The Morgan fingerprint density at radius 2 is 1.90 bits per heavy atom. The number of thiazole rings is 1. The van der Waals surface area contributed by atoms with E-state index in [-0.39, 0.29) is 24.2 Å². The van der Waals surface area contributed by atoms with Crippen molar-refractivity contribution in [3.8, 4) is 0 Å². The van der Waals surface area contributed by atoms with Crippen molar-refractivity contribution in [3.05, 3.63) is 59.0 Å². The lowest BCUT2D eigenvalue weighted by atomic mass is 10.2. The maximum atomic E-state index is 13.5. The molecule has 1 saturated heterocycles. The van der Waals surface area contributed by atoms with Gasteiger partial charge in [-0.1, -0.05) is 35.6 Å². The Morgan fingerprint density at radius 3 is 2.61 bits per heavy atom. The predicted molar refractivity (Wildman–Crippen MR) is 123 cm³/mol. The van der Waals surface area contributed by atoms with E-state index in [4.69, 9.17) is 9.72 Å². The zero-order chi connectivity index (χ0) is 21.4. The van der Waals surface area contributed by atoms with Crippen LogP contribution in [0.5, 0.6) is 0 Å². The summed E-state index contributed by atoms with van der Waals surface area (Å²) in [5.74, 6) is -0.157. The van der Waals surface area contributed by atoms with E-state index in [2.05, 4.69) is 0 Å². The topological polar surface area (TPSA) is 69.4 Å². The van der Waals surface area contributed by atoms with Gasteiger partial charge in [0.05, 0.1) is 33.9 Å². The number of hydrogen-bond acceptors (Lipinski definition) is 5. The Hall–Kier alpha value is -2.97. The van der Waals surface area contributed by atoms with Crippen LogP contribution in [-0.4, -0.2) is 39.3 Å². The van der Waals surface area contributed by atoms with Gasteiger partial charge in [-0.15, -0.1) is 0 Å². The van der Waals surface area contributed by atoms with E-state index in [1.807, 2.05) is 55.5 Å². The molecule has 31 heavy (non-hydrogen) atoms. The number of carbonyl (C=O) groups is 1. The number of anilines is 1. The predicted octanol–water partition coefficient (Wildman–Crippen LogP) is 3.64. The molecule has 2 aromatic carbocycles. The Bertz CT molecular complexity index is 1270. The Kier molecular flexibility index (Phi) is 5.33. The van der Waals surface area contributed by atoms with Gasteiger partial charge < -0.3 is 4.74 Å². The fourth-order valence-electron chi connectivity index (χ4n) is 4.21. The molecule has 1 fully saturated rings. The van der Waals surface area contributed by atoms with Crippen molar-refractivity contribution < 1.29 is 9.53 Å². The molecule has 0 radical (unpaired) electrons. The third-order valence-corrected chi connectivity index (χ3v) is 6.82. The molecule has 1 aliphatic rings. The summed E-state index contributed by atoms with van der Waals surface area (Å²) in [5.41, 5.74) is 2.31. The number of para-hydroxylation sites is 3. The average Bonchev–Trinajstić information content (AvgIpc) is 3.50. The number of hydrogen-bond donors (Lipinski definition) is 0. The summed E-state index contributed by atoms with van der Waals surface area (Å²) in [6, 6.07) is 15.5. The van der Waals surface area contributed by atoms with Gasteiger partial charge in [-0.2, -0.15) is 0 Å². The highest BCUT2D eigenvalue weighted by Crippen LogP contribution is 2.30. The summed E-state index contributed by atoms with van der Waals surface area (Å²) in [6.07, 6.45) is 1.91. The third-order valence-electron chi connectivity index (χ3n) is 5.76. The maximum Gasteiger partial charge on any atom is 0.329 e. The quantitative estimate of drug-likeness (QED) is 0.463. The van der Waals surface area contributed by atoms with E-state index < -0.39 is 0 Å². The van der Waals surface area contributed by atoms with Crippen LogP contribution in [0.4, 0.5) is 5.13 Å². The molecule has 0 saturated carbocycles. The van der Waals surface area contributed by atoms with Crippen molar-refractivity contribution in [2.24, 2.45) is 0 Å². The minimum Gasteiger partial charge on any atom is -0.376 e. The SMILES string of the molecule is CCn1c(=O)n(CC(=O)N(CC2CCCO2)c2nc3ccccc3s2)c2ccccc21. The first-order valence-electron chi connectivity index (χ1n) is 10.6. The largest absolute Gasteiger partial charge is 0.376 e. The lowest BCUT2D eigenvalue weighted by molar-refractivity contribution is -0.119. The standard InChI is InChI=1S/C23H24N4O3S/c1-2-25-18-10-4-5-11-19(18)26(23(25)29)15-21(28)27(14-16-8-7-13-30-16)22-24-17-9-3-6-12-20(17)31-22/h3-6,9-12,16H,2,7-8,13-15H2,1H3. The van der Waals surface area contributed by atoms with Crippen LogP contribution in [0, 0.1) is 0 Å². The molecule has 160 valence electrons. The van der Waals surface area contributed by atoms with E-state index in [1.165, 1.54) is 11.3 Å². The summed E-state index contributed by atoms with van der Waals surface area (Å²) in [6.45, 7) is 3.62. The zero-order valence-corrected chi connectivity index (χ0v) is 18.2. The summed E-state index contributed by atoms with van der Waals surface area (Å²) in [5, 5.41) is 0.647. The number of rotatable bonds is 6. The summed E-state index contributed by atoms with van der Waals surface area (Å²) < 4.78 is 10.1. The van der Waals surface area contributed by atoms with Gasteiger partial charge in [-0.25, -0.2) is 9.78 Å². The summed E-state index contributed by atoms with van der Waals surface area (Å²) in [4.78, 5) is 33.0. The highest BCUT2D eigenvalue weighted by atomic mass is 32.1. The Labute approximate surface area is 183 Å². The molecule has 7 nitrogen and oxygen atoms in total. The first-order chi connectivity index (χ1) is 15.2. The second-order valence-electron chi connectivity index (χ2n) is 7.71. The minimum atomic E-state index is -0.168. The van der Waals surface area contributed by atoms with Crippen LogP contribution in [0.25, 0.3) is 21.3 Å². The third kappa shape index (κ3) is 3.66. The smallest absolute Gasteiger partial charge is 0.329 e. The van der Waals surface area contributed by atoms with E-state index in [0.29, 0.717) is 18.2 Å².